The van der Waals surface area contributed by atoms with Crippen LogP contribution in [0, 0.1) is 11.8 Å². The van der Waals surface area contributed by atoms with Gasteiger partial charge in [-0.25, -0.2) is 0 Å². The van der Waals surface area contributed by atoms with Crippen molar-refractivity contribution in [1.82, 2.24) is 4.90 Å². The highest BCUT2D eigenvalue weighted by molar-refractivity contribution is 6.42. The van der Waals surface area contributed by atoms with Gasteiger partial charge >= 0.3 is 5.97 Å². The molecule has 0 saturated heterocycles. The Kier molecular flexibility index (Phi) is 3.84. The van der Waals surface area contributed by atoms with Crippen molar-refractivity contribution in [1.29, 1.82) is 0 Å². The lowest BCUT2D eigenvalue weighted by atomic mass is 10.2. The van der Waals surface area contributed by atoms with Gasteiger partial charge in [0, 0.05) is 12.6 Å². The van der Waals surface area contributed by atoms with Crippen molar-refractivity contribution in [2.75, 3.05) is 0 Å². The van der Waals surface area contributed by atoms with E-state index in [1.807, 2.05) is 6.07 Å². The van der Waals surface area contributed by atoms with E-state index in [9.17, 15) is 9.59 Å². The highest BCUT2D eigenvalue weighted by atomic mass is 35.5. The monoisotopic (exact) mass is 327 g/mol. The number of nitrogens with zero attached hydrogens (tertiary/aromatic N) is 1. The number of carbonyl (C=O) groups excluding carboxylic acids is 1. The van der Waals surface area contributed by atoms with Crippen LogP contribution in [0.15, 0.2) is 18.2 Å². The van der Waals surface area contributed by atoms with E-state index in [4.69, 9.17) is 28.3 Å². The van der Waals surface area contributed by atoms with Crippen molar-refractivity contribution in [2.45, 2.75) is 31.8 Å². The zero-order valence-corrected chi connectivity index (χ0v) is 12.8. The number of benzene rings is 1. The molecule has 4 nitrogen and oxygen atoms in total. The molecule has 1 aromatic carbocycles. The van der Waals surface area contributed by atoms with Crippen LogP contribution in [-0.4, -0.2) is 27.9 Å². The van der Waals surface area contributed by atoms with Crippen molar-refractivity contribution in [2.24, 2.45) is 11.8 Å². The number of carboxylic acids is 1. The molecule has 0 aromatic heterocycles. The molecule has 0 bridgehead atoms. The van der Waals surface area contributed by atoms with Crippen molar-refractivity contribution in [3.63, 3.8) is 0 Å². The SMILES string of the molecule is O=C(O)C1CC1C(=O)N(Cc1ccc(Cl)c(Cl)c1)C1CC1. The summed E-state index contributed by atoms with van der Waals surface area (Å²) in [6, 6.07) is 5.56. The summed E-state index contributed by atoms with van der Waals surface area (Å²) >= 11 is 11.9. The highest BCUT2D eigenvalue weighted by Crippen LogP contribution is 2.42. The van der Waals surface area contributed by atoms with Gasteiger partial charge < -0.3 is 10.0 Å². The van der Waals surface area contributed by atoms with Gasteiger partial charge in [0.1, 0.15) is 0 Å². The van der Waals surface area contributed by atoms with E-state index < -0.39 is 11.9 Å². The minimum atomic E-state index is -0.876. The highest BCUT2D eigenvalue weighted by Gasteiger charge is 2.51. The molecule has 2 atom stereocenters. The van der Waals surface area contributed by atoms with Crippen LogP contribution in [0.1, 0.15) is 24.8 Å². The average molecular weight is 328 g/mol. The minimum absolute atomic E-state index is 0.0454. The van der Waals surface area contributed by atoms with Gasteiger partial charge in [0.2, 0.25) is 5.91 Å². The lowest BCUT2D eigenvalue weighted by Gasteiger charge is -2.23. The first-order valence-electron chi connectivity index (χ1n) is 6.94. The van der Waals surface area contributed by atoms with Crippen LogP contribution >= 0.6 is 23.2 Å². The molecule has 2 aliphatic rings. The van der Waals surface area contributed by atoms with Crippen LogP contribution in [-0.2, 0) is 16.1 Å². The standard InChI is InChI=1S/C15H15Cl2NO3/c16-12-4-1-8(5-13(12)17)7-18(9-2-3-9)14(19)10-6-11(10)15(20)21/h1,4-5,9-11H,2-3,6-7H2,(H,20,21). The molecule has 0 heterocycles. The van der Waals surface area contributed by atoms with Crippen LogP contribution in [0.5, 0.6) is 0 Å². The molecular formula is C15H15Cl2NO3. The Morgan fingerprint density at radius 1 is 1.19 bits per heavy atom. The maximum atomic E-state index is 12.5. The van der Waals surface area contributed by atoms with Gasteiger partial charge in [-0.15, -0.1) is 0 Å². The number of hydrogen-bond acceptors (Lipinski definition) is 2. The van der Waals surface area contributed by atoms with E-state index >= 15 is 0 Å². The van der Waals surface area contributed by atoms with E-state index in [1.54, 1.807) is 17.0 Å². The average Bonchev–Trinajstić information content (AvgIpc) is 3.30. The molecule has 112 valence electrons. The Morgan fingerprint density at radius 3 is 2.43 bits per heavy atom. The van der Waals surface area contributed by atoms with Gasteiger partial charge in [-0.1, -0.05) is 29.3 Å². The fourth-order valence-electron chi connectivity index (χ4n) is 2.56. The lowest BCUT2D eigenvalue weighted by molar-refractivity contribution is -0.142. The quantitative estimate of drug-likeness (QED) is 0.903. The number of aliphatic carboxylic acids is 1. The summed E-state index contributed by atoms with van der Waals surface area (Å²) in [6.07, 6.45) is 2.42. The van der Waals surface area contributed by atoms with Gasteiger partial charge in [0.05, 0.1) is 21.9 Å². The summed E-state index contributed by atoms with van der Waals surface area (Å²) in [6.45, 7) is 0.462. The van der Waals surface area contributed by atoms with E-state index in [0.29, 0.717) is 23.0 Å². The number of hydrogen-bond donors (Lipinski definition) is 1. The third-order valence-corrected chi connectivity index (χ3v) is 4.77. The first-order valence-corrected chi connectivity index (χ1v) is 7.70. The Morgan fingerprint density at radius 2 is 1.90 bits per heavy atom. The van der Waals surface area contributed by atoms with Crippen LogP contribution in [0.3, 0.4) is 0 Å². The number of carboxylic acid groups (broad SMARTS) is 1. The predicted molar refractivity (Wildman–Crippen MR) is 79.3 cm³/mol. The molecule has 1 N–H and O–H groups in total. The molecule has 1 amide bonds. The minimum Gasteiger partial charge on any atom is -0.481 e. The summed E-state index contributed by atoms with van der Waals surface area (Å²) in [7, 11) is 0. The molecule has 2 aliphatic carbocycles. The number of amides is 1. The molecule has 6 heteroatoms. The van der Waals surface area contributed by atoms with Gasteiger partial charge in [-0.05, 0) is 37.0 Å². The van der Waals surface area contributed by atoms with E-state index in [2.05, 4.69) is 0 Å². The van der Waals surface area contributed by atoms with Crippen LogP contribution in [0.2, 0.25) is 10.0 Å². The van der Waals surface area contributed by atoms with Crippen molar-refractivity contribution >= 4 is 35.1 Å². The third-order valence-electron chi connectivity index (χ3n) is 4.03. The summed E-state index contributed by atoms with van der Waals surface area (Å²) in [5.41, 5.74) is 0.914. The Balaban J connectivity index is 1.72. The molecule has 0 radical (unpaired) electrons. The van der Waals surface area contributed by atoms with Gasteiger partial charge in [0.15, 0.2) is 0 Å². The normalized spacial score (nSPS) is 23.7. The fourth-order valence-corrected chi connectivity index (χ4v) is 2.88. The number of carbonyl (C=O) groups is 2. The van der Waals surface area contributed by atoms with Crippen LogP contribution in [0.4, 0.5) is 0 Å². The second-order valence-corrected chi connectivity index (χ2v) is 6.55. The number of rotatable bonds is 5. The van der Waals surface area contributed by atoms with E-state index in [-0.39, 0.29) is 17.9 Å². The molecular weight excluding hydrogens is 313 g/mol. The largest absolute Gasteiger partial charge is 0.481 e. The smallest absolute Gasteiger partial charge is 0.307 e. The Hall–Kier alpha value is -1.26. The van der Waals surface area contributed by atoms with Crippen LogP contribution < -0.4 is 0 Å². The molecule has 0 aliphatic heterocycles. The predicted octanol–water partition coefficient (Wildman–Crippen LogP) is 3.21. The van der Waals surface area contributed by atoms with Gasteiger partial charge in [-0.2, -0.15) is 0 Å². The topological polar surface area (TPSA) is 57.6 Å². The molecule has 21 heavy (non-hydrogen) atoms. The molecule has 0 spiro atoms. The fraction of sp³-hybridized carbons (Fsp3) is 0.467. The first-order chi connectivity index (χ1) is 9.97. The summed E-state index contributed by atoms with van der Waals surface area (Å²) in [4.78, 5) is 25.2. The molecule has 1 aromatic rings. The molecule has 2 fully saturated rings. The molecule has 3 rings (SSSR count). The summed E-state index contributed by atoms with van der Waals surface area (Å²) in [5, 5.41) is 9.91. The van der Waals surface area contributed by atoms with E-state index in [0.717, 1.165) is 18.4 Å². The van der Waals surface area contributed by atoms with Crippen molar-refractivity contribution < 1.29 is 14.7 Å². The van der Waals surface area contributed by atoms with Crippen molar-refractivity contribution in [3.05, 3.63) is 33.8 Å². The molecule has 2 unspecified atom stereocenters. The zero-order chi connectivity index (χ0) is 15.1. The summed E-state index contributed by atoms with van der Waals surface area (Å²) in [5.74, 6) is -1.78. The second-order valence-electron chi connectivity index (χ2n) is 5.73. The maximum absolute atomic E-state index is 12.5. The second kappa shape index (κ2) is 5.50. The maximum Gasteiger partial charge on any atom is 0.307 e. The van der Waals surface area contributed by atoms with Crippen molar-refractivity contribution in [3.8, 4) is 0 Å². The Labute approximate surface area is 132 Å². The van der Waals surface area contributed by atoms with Gasteiger partial charge in [-0.3, -0.25) is 9.59 Å². The summed E-state index contributed by atoms with van der Waals surface area (Å²) < 4.78 is 0. The third kappa shape index (κ3) is 3.16. The zero-order valence-electron chi connectivity index (χ0n) is 11.3. The van der Waals surface area contributed by atoms with E-state index in [1.165, 1.54) is 0 Å². The number of halogens is 2. The molecule has 2 saturated carbocycles. The van der Waals surface area contributed by atoms with Crippen LogP contribution in [0.25, 0.3) is 0 Å². The Bertz CT molecular complexity index is 601. The first kappa shape index (κ1) is 14.7. The lowest BCUT2D eigenvalue weighted by Crippen LogP contribution is -2.34. The van der Waals surface area contributed by atoms with Gasteiger partial charge in [0.25, 0.3) is 0 Å².